The zero-order valence-electron chi connectivity index (χ0n) is 10.4. The molecule has 1 N–H and O–H groups in total. The van der Waals surface area contributed by atoms with E-state index < -0.39 is 0 Å². The topological polar surface area (TPSA) is 62.4 Å². The smallest absolute Gasteiger partial charge is 0.310 e. The number of likely N-dealkylation sites (tertiary alicyclic amines) is 1. The number of carbonyl (C=O) groups excluding carboxylic acids is 2. The van der Waals surface area contributed by atoms with Crippen LogP contribution < -0.4 is 0 Å². The molecule has 2 heterocycles. The van der Waals surface area contributed by atoms with Crippen LogP contribution in [0.3, 0.4) is 0 Å². The third-order valence-corrected chi connectivity index (χ3v) is 3.89. The SMILES string of the molecule is COC(=O)[C@H]1CCCN(C(=O)c2cc(Cl)c(Cl)[nH]2)C1. The van der Waals surface area contributed by atoms with Crippen molar-refractivity contribution in [3.05, 3.63) is 21.9 Å². The van der Waals surface area contributed by atoms with Crippen molar-refractivity contribution in [3.8, 4) is 0 Å². The number of esters is 1. The summed E-state index contributed by atoms with van der Waals surface area (Å²) in [6.45, 7) is 0.973. The Morgan fingerprint density at radius 3 is 2.79 bits per heavy atom. The highest BCUT2D eigenvalue weighted by Crippen LogP contribution is 2.24. The second-order valence-electron chi connectivity index (χ2n) is 4.46. The van der Waals surface area contributed by atoms with Gasteiger partial charge in [0, 0.05) is 13.1 Å². The van der Waals surface area contributed by atoms with E-state index in [1.54, 1.807) is 4.90 Å². The Bertz CT molecular complexity index is 482. The van der Waals surface area contributed by atoms with Crippen LogP contribution in [0.15, 0.2) is 6.07 Å². The van der Waals surface area contributed by atoms with Gasteiger partial charge in [0.25, 0.3) is 5.91 Å². The molecule has 0 aromatic carbocycles. The normalized spacial score (nSPS) is 19.3. The van der Waals surface area contributed by atoms with Crippen molar-refractivity contribution in [2.45, 2.75) is 12.8 Å². The molecule has 2 rings (SSSR count). The van der Waals surface area contributed by atoms with Crippen molar-refractivity contribution < 1.29 is 14.3 Å². The van der Waals surface area contributed by atoms with Gasteiger partial charge < -0.3 is 14.6 Å². The number of rotatable bonds is 2. The molecule has 0 saturated carbocycles. The van der Waals surface area contributed by atoms with Gasteiger partial charge in [-0.25, -0.2) is 0 Å². The minimum atomic E-state index is -0.278. The number of aromatic amines is 1. The summed E-state index contributed by atoms with van der Waals surface area (Å²) in [7, 11) is 1.35. The zero-order valence-corrected chi connectivity index (χ0v) is 11.9. The van der Waals surface area contributed by atoms with Gasteiger partial charge in [-0.3, -0.25) is 9.59 Å². The molecule has 1 amide bonds. The van der Waals surface area contributed by atoms with E-state index in [-0.39, 0.29) is 22.9 Å². The number of nitrogens with one attached hydrogen (secondary N) is 1. The summed E-state index contributed by atoms with van der Waals surface area (Å²) in [5.41, 5.74) is 0.334. The highest BCUT2D eigenvalue weighted by Gasteiger charge is 2.30. The van der Waals surface area contributed by atoms with E-state index in [4.69, 9.17) is 27.9 Å². The van der Waals surface area contributed by atoms with Crippen LogP contribution in [0, 0.1) is 5.92 Å². The highest BCUT2D eigenvalue weighted by atomic mass is 35.5. The Labute approximate surface area is 120 Å². The Balaban J connectivity index is 2.09. The number of ether oxygens (including phenoxy) is 1. The maximum absolute atomic E-state index is 12.2. The number of aromatic nitrogens is 1. The van der Waals surface area contributed by atoms with Crippen molar-refractivity contribution in [2.75, 3.05) is 20.2 Å². The summed E-state index contributed by atoms with van der Waals surface area (Å²) in [5.74, 6) is -0.744. The molecule has 5 nitrogen and oxygen atoms in total. The van der Waals surface area contributed by atoms with E-state index in [9.17, 15) is 9.59 Å². The first-order valence-corrected chi connectivity index (χ1v) is 6.69. The van der Waals surface area contributed by atoms with Crippen molar-refractivity contribution in [3.63, 3.8) is 0 Å². The molecule has 0 spiro atoms. The van der Waals surface area contributed by atoms with Crippen molar-refractivity contribution in [1.82, 2.24) is 9.88 Å². The van der Waals surface area contributed by atoms with E-state index in [2.05, 4.69) is 4.98 Å². The Kier molecular flexibility index (Phi) is 4.37. The summed E-state index contributed by atoms with van der Waals surface area (Å²) in [6.07, 6.45) is 1.51. The van der Waals surface area contributed by atoms with Gasteiger partial charge in [-0.05, 0) is 18.9 Å². The maximum Gasteiger partial charge on any atom is 0.310 e. The van der Waals surface area contributed by atoms with E-state index >= 15 is 0 Å². The lowest BCUT2D eigenvalue weighted by molar-refractivity contribution is -0.146. The lowest BCUT2D eigenvalue weighted by atomic mass is 9.98. The van der Waals surface area contributed by atoms with Crippen molar-refractivity contribution >= 4 is 35.1 Å². The molecule has 0 radical (unpaired) electrons. The molecule has 1 fully saturated rings. The quantitative estimate of drug-likeness (QED) is 0.853. The molecule has 1 aromatic rings. The number of hydrogen-bond donors (Lipinski definition) is 1. The van der Waals surface area contributed by atoms with Gasteiger partial charge in [0.1, 0.15) is 10.8 Å². The number of H-pyrrole nitrogens is 1. The van der Waals surface area contributed by atoms with Gasteiger partial charge >= 0.3 is 5.97 Å². The fraction of sp³-hybridized carbons (Fsp3) is 0.500. The van der Waals surface area contributed by atoms with Crippen LogP contribution in [0.25, 0.3) is 0 Å². The first kappa shape index (κ1) is 14.2. The van der Waals surface area contributed by atoms with E-state index in [0.29, 0.717) is 23.8 Å². The second-order valence-corrected chi connectivity index (χ2v) is 5.24. The number of nitrogens with zero attached hydrogens (tertiary/aromatic N) is 1. The van der Waals surface area contributed by atoms with Gasteiger partial charge in [-0.15, -0.1) is 0 Å². The molecule has 0 unspecified atom stereocenters. The summed E-state index contributed by atoms with van der Waals surface area (Å²) >= 11 is 11.6. The van der Waals surface area contributed by atoms with Crippen LogP contribution in [0.4, 0.5) is 0 Å². The standard InChI is InChI=1S/C12H14Cl2N2O3/c1-19-12(18)7-3-2-4-16(6-7)11(17)9-5-8(13)10(14)15-9/h5,7,15H,2-4,6H2,1H3/t7-/m0/s1. The molecule has 1 saturated heterocycles. The fourth-order valence-electron chi connectivity index (χ4n) is 2.21. The maximum atomic E-state index is 12.2. The summed E-state index contributed by atoms with van der Waals surface area (Å²) in [6, 6.07) is 1.49. The molecule has 1 atom stereocenters. The molecule has 1 aliphatic rings. The number of amides is 1. The number of halogens is 2. The van der Waals surface area contributed by atoms with Crippen molar-refractivity contribution in [1.29, 1.82) is 0 Å². The predicted molar refractivity (Wildman–Crippen MR) is 71.5 cm³/mol. The third kappa shape index (κ3) is 3.04. The van der Waals surface area contributed by atoms with Crippen LogP contribution in [0.2, 0.25) is 10.2 Å². The van der Waals surface area contributed by atoms with Gasteiger partial charge in [0.15, 0.2) is 0 Å². The van der Waals surface area contributed by atoms with Crippen LogP contribution in [-0.2, 0) is 9.53 Å². The molecule has 7 heteroatoms. The van der Waals surface area contributed by atoms with Crippen LogP contribution in [0.5, 0.6) is 0 Å². The van der Waals surface area contributed by atoms with Crippen LogP contribution in [-0.4, -0.2) is 42.0 Å². The van der Waals surface area contributed by atoms with Gasteiger partial charge in [-0.1, -0.05) is 23.2 Å². The molecule has 1 aliphatic heterocycles. The average molecular weight is 305 g/mol. The number of carbonyl (C=O) groups is 2. The monoisotopic (exact) mass is 304 g/mol. The molecule has 19 heavy (non-hydrogen) atoms. The Morgan fingerprint density at radius 1 is 1.47 bits per heavy atom. The first-order chi connectivity index (χ1) is 9.02. The molecule has 1 aromatic heterocycles. The molecule has 0 bridgehead atoms. The number of hydrogen-bond acceptors (Lipinski definition) is 3. The Hall–Kier alpha value is -1.20. The minimum Gasteiger partial charge on any atom is -0.469 e. The van der Waals surface area contributed by atoms with Gasteiger partial charge in [0.2, 0.25) is 0 Å². The predicted octanol–water partition coefficient (Wildman–Crippen LogP) is 2.35. The van der Waals surface area contributed by atoms with E-state index in [1.165, 1.54) is 13.2 Å². The highest BCUT2D eigenvalue weighted by molar-refractivity contribution is 6.41. The van der Waals surface area contributed by atoms with Gasteiger partial charge in [-0.2, -0.15) is 0 Å². The largest absolute Gasteiger partial charge is 0.469 e. The minimum absolute atomic E-state index is 0.206. The van der Waals surface area contributed by atoms with Gasteiger partial charge in [0.05, 0.1) is 18.1 Å². The van der Waals surface area contributed by atoms with E-state index in [1.807, 2.05) is 0 Å². The van der Waals surface area contributed by atoms with Crippen LogP contribution in [0.1, 0.15) is 23.3 Å². The number of methoxy groups -OCH3 is 1. The molecule has 104 valence electrons. The Morgan fingerprint density at radius 2 is 2.21 bits per heavy atom. The molecule has 0 aliphatic carbocycles. The first-order valence-electron chi connectivity index (χ1n) is 5.94. The van der Waals surface area contributed by atoms with Crippen molar-refractivity contribution in [2.24, 2.45) is 5.92 Å². The van der Waals surface area contributed by atoms with E-state index in [0.717, 1.165) is 12.8 Å². The molecular weight excluding hydrogens is 291 g/mol. The average Bonchev–Trinajstić information content (AvgIpc) is 2.77. The second kappa shape index (κ2) is 5.84. The zero-order chi connectivity index (χ0) is 14.0. The summed E-state index contributed by atoms with van der Waals surface area (Å²) in [4.78, 5) is 28.1. The third-order valence-electron chi connectivity index (χ3n) is 3.20. The summed E-state index contributed by atoms with van der Waals surface area (Å²) in [5, 5.41) is 0.554. The summed E-state index contributed by atoms with van der Waals surface area (Å²) < 4.78 is 4.72. The lowest BCUT2D eigenvalue weighted by Gasteiger charge is -2.31. The molecular formula is C12H14Cl2N2O3. The fourth-order valence-corrected chi connectivity index (χ4v) is 2.52. The lowest BCUT2D eigenvalue weighted by Crippen LogP contribution is -2.42. The number of piperidine rings is 1. The van der Waals surface area contributed by atoms with Crippen LogP contribution >= 0.6 is 23.2 Å².